The molecule has 0 saturated carbocycles. The molecule has 0 unspecified atom stereocenters. The molecule has 0 radical (unpaired) electrons. The molecule has 0 fully saturated rings. The first kappa shape index (κ1) is 21.1. The summed E-state index contributed by atoms with van der Waals surface area (Å²) < 4.78 is 0. The molecule has 5 nitrogen and oxygen atoms in total. The van der Waals surface area contributed by atoms with Crippen molar-refractivity contribution >= 4 is 11.7 Å². The van der Waals surface area contributed by atoms with E-state index in [-0.39, 0.29) is 11.6 Å². The van der Waals surface area contributed by atoms with Gasteiger partial charge in [-0.2, -0.15) is 0 Å². The number of nitrogens with one attached hydrogen (secondary N) is 2. The molecule has 1 aromatic heterocycles. The van der Waals surface area contributed by atoms with Crippen LogP contribution in [0.2, 0.25) is 0 Å². The van der Waals surface area contributed by atoms with Crippen LogP contribution in [0.25, 0.3) is 11.1 Å². The lowest BCUT2D eigenvalue weighted by Gasteiger charge is -2.28. The smallest absolute Gasteiger partial charge is 0.337 e. The van der Waals surface area contributed by atoms with Crippen molar-refractivity contribution in [3.05, 3.63) is 82.7 Å². The molecule has 5 heteroatoms. The van der Waals surface area contributed by atoms with Crippen molar-refractivity contribution < 1.29 is 9.90 Å². The van der Waals surface area contributed by atoms with Crippen molar-refractivity contribution in [1.29, 1.82) is 0 Å². The van der Waals surface area contributed by atoms with Gasteiger partial charge in [-0.25, -0.2) is 4.79 Å². The Hall–Kier alpha value is -3.18. The van der Waals surface area contributed by atoms with Crippen molar-refractivity contribution in [3.8, 4) is 11.1 Å². The van der Waals surface area contributed by atoms with Crippen LogP contribution in [0.3, 0.4) is 0 Å². The number of aryl methyl sites for hydroxylation is 1. The molecule has 0 aliphatic carbocycles. The number of carbonyl (C=O) groups is 1. The number of fused-ring (bicyclic) bond motifs is 1. The average molecular weight is 416 g/mol. The summed E-state index contributed by atoms with van der Waals surface area (Å²) >= 11 is 0. The Balaban J connectivity index is 1.56. The molecule has 31 heavy (non-hydrogen) atoms. The zero-order valence-electron chi connectivity index (χ0n) is 18.3. The standard InChI is InChI=1S/C26H29N3O2/c1-16(2)18-4-6-21(17(3)12-18)19-5-7-22-20(13-19)8-11-28-25(22)15-29-24-14-27-10-9-23(24)26(30)31/h4-7,9-10,12-14,16,25,28-29H,8,11,15H2,1-3H3,(H,30,31)/t25-/m0/s1. The average Bonchev–Trinajstić information content (AvgIpc) is 2.77. The Kier molecular flexibility index (Phi) is 6.05. The Morgan fingerprint density at radius 1 is 1.23 bits per heavy atom. The van der Waals surface area contributed by atoms with E-state index in [0.29, 0.717) is 18.2 Å². The summed E-state index contributed by atoms with van der Waals surface area (Å²) in [6.45, 7) is 8.12. The minimum Gasteiger partial charge on any atom is -0.478 e. The molecule has 0 saturated heterocycles. The summed E-state index contributed by atoms with van der Waals surface area (Å²) in [7, 11) is 0. The highest BCUT2D eigenvalue weighted by molar-refractivity contribution is 5.93. The third-order valence-electron chi connectivity index (χ3n) is 6.08. The van der Waals surface area contributed by atoms with Crippen LogP contribution in [0.15, 0.2) is 54.9 Å². The van der Waals surface area contributed by atoms with Crippen LogP contribution in [-0.4, -0.2) is 29.1 Å². The van der Waals surface area contributed by atoms with Crippen molar-refractivity contribution in [2.75, 3.05) is 18.4 Å². The summed E-state index contributed by atoms with van der Waals surface area (Å²) in [5.41, 5.74) is 8.59. The van der Waals surface area contributed by atoms with E-state index < -0.39 is 5.97 Å². The topological polar surface area (TPSA) is 74.2 Å². The maximum absolute atomic E-state index is 11.4. The third-order valence-corrected chi connectivity index (χ3v) is 6.08. The highest BCUT2D eigenvalue weighted by Gasteiger charge is 2.21. The van der Waals surface area contributed by atoms with Crippen molar-refractivity contribution in [1.82, 2.24) is 10.3 Å². The summed E-state index contributed by atoms with van der Waals surface area (Å²) in [4.78, 5) is 15.5. The SMILES string of the molecule is Cc1cc(C(C)C)ccc1-c1ccc2c(c1)CCN[C@H]2CNc1cnccc1C(=O)O. The van der Waals surface area contributed by atoms with Crippen LogP contribution in [0.4, 0.5) is 5.69 Å². The van der Waals surface area contributed by atoms with E-state index in [1.807, 2.05) is 0 Å². The van der Waals surface area contributed by atoms with Gasteiger partial charge in [-0.3, -0.25) is 4.98 Å². The fourth-order valence-electron chi connectivity index (χ4n) is 4.31. The molecule has 0 amide bonds. The normalized spacial score (nSPS) is 15.5. The Morgan fingerprint density at radius 3 is 2.81 bits per heavy atom. The van der Waals surface area contributed by atoms with Crippen LogP contribution in [0.1, 0.15) is 58.4 Å². The summed E-state index contributed by atoms with van der Waals surface area (Å²) in [6.07, 6.45) is 4.05. The van der Waals surface area contributed by atoms with E-state index >= 15 is 0 Å². The lowest BCUT2D eigenvalue weighted by Crippen LogP contribution is -2.34. The van der Waals surface area contributed by atoms with Crippen molar-refractivity contribution in [2.45, 2.75) is 39.2 Å². The second-order valence-corrected chi connectivity index (χ2v) is 8.51. The van der Waals surface area contributed by atoms with Gasteiger partial charge in [-0.15, -0.1) is 0 Å². The lowest BCUT2D eigenvalue weighted by molar-refractivity contribution is 0.0697. The van der Waals surface area contributed by atoms with Gasteiger partial charge in [0.05, 0.1) is 17.4 Å². The van der Waals surface area contributed by atoms with Gasteiger partial charge >= 0.3 is 5.97 Å². The van der Waals surface area contributed by atoms with Crippen LogP contribution in [-0.2, 0) is 6.42 Å². The van der Waals surface area contributed by atoms with Gasteiger partial charge in [0.25, 0.3) is 0 Å². The molecule has 1 atom stereocenters. The molecule has 0 bridgehead atoms. The zero-order valence-corrected chi connectivity index (χ0v) is 18.3. The largest absolute Gasteiger partial charge is 0.478 e. The third kappa shape index (κ3) is 4.47. The van der Waals surface area contributed by atoms with E-state index in [2.05, 4.69) is 72.8 Å². The number of nitrogens with zero attached hydrogens (tertiary/aromatic N) is 1. The maximum Gasteiger partial charge on any atom is 0.337 e. The number of hydrogen-bond acceptors (Lipinski definition) is 4. The second kappa shape index (κ2) is 8.90. The van der Waals surface area contributed by atoms with E-state index in [4.69, 9.17) is 0 Å². The number of aromatic nitrogens is 1. The first-order valence-corrected chi connectivity index (χ1v) is 10.8. The second-order valence-electron chi connectivity index (χ2n) is 8.51. The molecule has 160 valence electrons. The molecule has 1 aliphatic heterocycles. The highest BCUT2D eigenvalue weighted by atomic mass is 16.4. The van der Waals surface area contributed by atoms with E-state index in [1.54, 1.807) is 6.20 Å². The zero-order chi connectivity index (χ0) is 22.0. The minimum absolute atomic E-state index is 0.115. The predicted octanol–water partition coefficient (Wildman–Crippen LogP) is 5.18. The van der Waals surface area contributed by atoms with Gasteiger partial charge in [0.1, 0.15) is 0 Å². The van der Waals surface area contributed by atoms with Gasteiger partial charge in [0.15, 0.2) is 0 Å². The Bertz CT molecular complexity index is 1110. The summed E-state index contributed by atoms with van der Waals surface area (Å²) in [5, 5.41) is 16.2. The first-order chi connectivity index (χ1) is 14.9. The number of pyridine rings is 1. The number of carboxylic acid groups (broad SMARTS) is 1. The van der Waals surface area contributed by atoms with Crippen LogP contribution in [0.5, 0.6) is 0 Å². The van der Waals surface area contributed by atoms with Crippen LogP contribution in [0, 0.1) is 6.92 Å². The van der Waals surface area contributed by atoms with E-state index in [0.717, 1.165) is 13.0 Å². The summed E-state index contributed by atoms with van der Waals surface area (Å²) in [5.74, 6) is -0.428. The molecule has 4 rings (SSSR count). The molecule has 2 heterocycles. The molecule has 3 N–H and O–H groups in total. The van der Waals surface area contributed by atoms with Crippen molar-refractivity contribution in [2.24, 2.45) is 0 Å². The van der Waals surface area contributed by atoms with Gasteiger partial charge in [-0.05, 0) is 65.3 Å². The molecule has 1 aliphatic rings. The molecule has 0 spiro atoms. The molecule has 2 aromatic carbocycles. The fraction of sp³-hybridized carbons (Fsp3) is 0.308. The van der Waals surface area contributed by atoms with Crippen molar-refractivity contribution in [3.63, 3.8) is 0 Å². The number of aromatic carboxylic acids is 1. The van der Waals surface area contributed by atoms with Gasteiger partial charge in [0, 0.05) is 18.8 Å². The lowest BCUT2D eigenvalue weighted by atomic mass is 9.89. The highest BCUT2D eigenvalue weighted by Crippen LogP contribution is 2.32. The monoisotopic (exact) mass is 415 g/mol. The Labute approximate surface area is 183 Å². The van der Waals surface area contributed by atoms with Gasteiger partial charge in [0.2, 0.25) is 0 Å². The van der Waals surface area contributed by atoms with Gasteiger partial charge in [-0.1, -0.05) is 50.2 Å². The summed E-state index contributed by atoms with van der Waals surface area (Å²) in [6, 6.07) is 15.1. The van der Waals surface area contributed by atoms with E-state index in [9.17, 15) is 9.90 Å². The predicted molar refractivity (Wildman–Crippen MR) is 125 cm³/mol. The number of rotatable bonds is 6. The van der Waals surface area contributed by atoms with Crippen LogP contribution < -0.4 is 10.6 Å². The fourth-order valence-corrected chi connectivity index (χ4v) is 4.31. The molecule has 3 aromatic rings. The number of anilines is 1. The van der Waals surface area contributed by atoms with E-state index in [1.165, 1.54) is 45.6 Å². The van der Waals surface area contributed by atoms with Gasteiger partial charge < -0.3 is 15.7 Å². The number of carboxylic acids is 1. The quantitative estimate of drug-likeness (QED) is 0.517. The minimum atomic E-state index is -0.953. The number of hydrogen-bond donors (Lipinski definition) is 3. The Morgan fingerprint density at radius 2 is 2.06 bits per heavy atom. The van der Waals surface area contributed by atoms with Crippen LogP contribution >= 0.6 is 0 Å². The number of benzene rings is 2. The molecular weight excluding hydrogens is 386 g/mol. The molecular formula is C26H29N3O2. The first-order valence-electron chi connectivity index (χ1n) is 10.8. The maximum atomic E-state index is 11.4.